The second-order valence-electron chi connectivity index (χ2n) is 6.53. The zero-order chi connectivity index (χ0) is 18.9. The average molecular weight is 381 g/mol. The number of hydrogen-bond donors (Lipinski definition) is 0. The number of carbonyl (C=O) groups excluding carboxylic acids is 1. The molecule has 0 bridgehead atoms. The smallest absolute Gasteiger partial charge is 0.255 e. The lowest BCUT2D eigenvalue weighted by Crippen LogP contribution is -2.30. The van der Waals surface area contributed by atoms with Gasteiger partial charge in [0.1, 0.15) is 5.82 Å². The first-order chi connectivity index (χ1) is 12.3. The lowest BCUT2D eigenvalue weighted by Gasteiger charge is -2.17. The fraction of sp³-hybridized carbons (Fsp3) is 0.562. The van der Waals surface area contributed by atoms with Crippen LogP contribution in [0.25, 0.3) is 5.65 Å². The zero-order valence-electron chi connectivity index (χ0n) is 15.1. The van der Waals surface area contributed by atoms with Gasteiger partial charge >= 0.3 is 0 Å². The van der Waals surface area contributed by atoms with Crippen molar-refractivity contribution in [2.45, 2.75) is 12.3 Å². The van der Waals surface area contributed by atoms with Crippen LogP contribution >= 0.6 is 0 Å². The number of likely N-dealkylation sites (N-methyl/N-ethyl adjacent to an activating group) is 1. The Morgan fingerprint density at radius 1 is 1.38 bits per heavy atom. The zero-order valence-corrected chi connectivity index (χ0v) is 15.9. The van der Waals surface area contributed by atoms with E-state index in [2.05, 4.69) is 10.2 Å². The molecule has 10 heteroatoms. The third kappa shape index (κ3) is 3.71. The summed E-state index contributed by atoms with van der Waals surface area (Å²) in [5.74, 6) is 0.518. The van der Waals surface area contributed by atoms with E-state index in [0.29, 0.717) is 49.7 Å². The van der Waals surface area contributed by atoms with Crippen molar-refractivity contribution in [1.82, 2.24) is 23.8 Å². The van der Waals surface area contributed by atoms with Crippen molar-refractivity contribution in [2.75, 3.05) is 46.7 Å². The van der Waals surface area contributed by atoms with Crippen molar-refractivity contribution in [3.63, 3.8) is 0 Å². The summed E-state index contributed by atoms with van der Waals surface area (Å²) in [6.45, 7) is 1.81. The van der Waals surface area contributed by atoms with Crippen LogP contribution in [0.4, 0.5) is 0 Å². The molecule has 0 N–H and O–H groups in total. The van der Waals surface area contributed by atoms with Crippen molar-refractivity contribution < 1.29 is 17.9 Å². The Balaban J connectivity index is 1.86. The number of nitrogens with zero attached hydrogens (tertiary/aromatic N) is 5. The molecule has 1 amide bonds. The summed E-state index contributed by atoms with van der Waals surface area (Å²) in [4.78, 5) is 14.2. The van der Waals surface area contributed by atoms with E-state index in [0.717, 1.165) is 0 Å². The Hall–Kier alpha value is -2.04. The van der Waals surface area contributed by atoms with Gasteiger partial charge in [0, 0.05) is 45.9 Å². The van der Waals surface area contributed by atoms with Gasteiger partial charge in [0.2, 0.25) is 10.0 Å². The summed E-state index contributed by atoms with van der Waals surface area (Å²) < 4.78 is 31.7. The van der Waals surface area contributed by atoms with Crippen molar-refractivity contribution >= 4 is 21.6 Å². The highest BCUT2D eigenvalue weighted by Gasteiger charge is 2.32. The van der Waals surface area contributed by atoms with Gasteiger partial charge in [-0.2, -0.15) is 0 Å². The Bertz CT molecular complexity index is 911. The molecule has 0 aromatic carbocycles. The van der Waals surface area contributed by atoms with Crippen molar-refractivity contribution in [3.8, 4) is 0 Å². The Kier molecular flexibility index (Phi) is 5.26. The van der Waals surface area contributed by atoms with E-state index in [4.69, 9.17) is 4.74 Å². The van der Waals surface area contributed by atoms with E-state index in [1.165, 1.54) is 10.6 Å². The number of sulfonamides is 1. The predicted octanol–water partition coefficient (Wildman–Crippen LogP) is 0.197. The lowest BCUT2D eigenvalue weighted by atomic mass is 10.1. The van der Waals surface area contributed by atoms with E-state index in [1.807, 2.05) is 0 Å². The number of aromatic nitrogens is 3. The fourth-order valence-electron chi connectivity index (χ4n) is 3.10. The van der Waals surface area contributed by atoms with Crippen LogP contribution < -0.4 is 0 Å². The number of rotatable bonds is 6. The molecule has 1 atom stereocenters. The molecule has 0 radical (unpaired) electrons. The molecule has 1 saturated heterocycles. The van der Waals surface area contributed by atoms with Gasteiger partial charge in [-0.05, 0) is 18.6 Å². The molecule has 26 heavy (non-hydrogen) atoms. The first-order valence-corrected chi connectivity index (χ1v) is 10.2. The molecule has 1 aliphatic heterocycles. The molecule has 142 valence electrons. The highest BCUT2D eigenvalue weighted by Crippen LogP contribution is 2.28. The Morgan fingerprint density at radius 2 is 2.15 bits per heavy atom. The molecular weight excluding hydrogens is 358 g/mol. The van der Waals surface area contributed by atoms with Crippen LogP contribution in [0.1, 0.15) is 28.5 Å². The minimum absolute atomic E-state index is 0.0451. The molecule has 1 aliphatic rings. The largest absolute Gasteiger partial charge is 0.383 e. The summed E-state index contributed by atoms with van der Waals surface area (Å²) in [6, 6.07) is 3.47. The topological polar surface area (TPSA) is 97.1 Å². The molecule has 2 aromatic heterocycles. The lowest BCUT2D eigenvalue weighted by molar-refractivity contribution is 0.0743. The van der Waals surface area contributed by atoms with E-state index >= 15 is 0 Å². The van der Waals surface area contributed by atoms with Crippen LogP contribution in [0, 0.1) is 0 Å². The molecule has 1 fully saturated rings. The molecule has 0 saturated carbocycles. The molecule has 3 rings (SSSR count). The fourth-order valence-corrected chi connectivity index (χ4v) is 3.99. The first-order valence-electron chi connectivity index (χ1n) is 8.35. The highest BCUT2D eigenvalue weighted by molar-refractivity contribution is 7.88. The molecule has 0 aliphatic carbocycles. The van der Waals surface area contributed by atoms with E-state index in [9.17, 15) is 13.2 Å². The number of hydrogen-bond acceptors (Lipinski definition) is 6. The average Bonchev–Trinajstić information content (AvgIpc) is 3.24. The molecule has 2 aromatic rings. The van der Waals surface area contributed by atoms with Gasteiger partial charge in [0.25, 0.3) is 5.91 Å². The summed E-state index contributed by atoms with van der Waals surface area (Å²) in [5.41, 5.74) is 1.16. The number of methoxy groups -OCH3 is 1. The van der Waals surface area contributed by atoms with Gasteiger partial charge in [-0.1, -0.05) is 0 Å². The first kappa shape index (κ1) is 18.7. The van der Waals surface area contributed by atoms with Crippen LogP contribution in [-0.2, 0) is 14.8 Å². The molecular formula is C16H23N5O4S. The van der Waals surface area contributed by atoms with Crippen LogP contribution in [0.15, 0.2) is 18.3 Å². The number of pyridine rings is 1. The number of carbonyl (C=O) groups is 1. The molecule has 3 heterocycles. The van der Waals surface area contributed by atoms with Crippen LogP contribution in [0.2, 0.25) is 0 Å². The maximum atomic E-state index is 12.6. The number of fused-ring (bicyclic) bond motifs is 1. The summed E-state index contributed by atoms with van der Waals surface area (Å²) in [5, 5.41) is 8.38. The Labute approximate surface area is 152 Å². The minimum Gasteiger partial charge on any atom is -0.383 e. The van der Waals surface area contributed by atoms with Crippen LogP contribution in [0.3, 0.4) is 0 Å². The summed E-state index contributed by atoms with van der Waals surface area (Å²) in [7, 11) is 0.0960. The number of amides is 1. The second-order valence-corrected chi connectivity index (χ2v) is 8.51. The quantitative estimate of drug-likeness (QED) is 0.709. The highest BCUT2D eigenvalue weighted by atomic mass is 32.2. The Morgan fingerprint density at radius 3 is 2.81 bits per heavy atom. The van der Waals surface area contributed by atoms with Crippen molar-refractivity contribution in [2.24, 2.45) is 0 Å². The SMILES string of the molecule is COCCN(C)C(=O)c1ccc2nnc([C@H]3CCN(S(C)(=O)=O)C3)n2c1. The molecule has 0 unspecified atom stereocenters. The predicted molar refractivity (Wildman–Crippen MR) is 95.6 cm³/mol. The van der Waals surface area contributed by atoms with Gasteiger partial charge in [0.15, 0.2) is 5.65 Å². The monoisotopic (exact) mass is 381 g/mol. The standard InChI is InChI=1S/C16H23N5O4S/c1-19(8-9-25-2)16(22)13-4-5-14-17-18-15(21(14)11-13)12-6-7-20(10-12)26(3,23)24/h4-5,11-12H,6-10H2,1-3H3/t12-/m0/s1. The normalized spacial score (nSPS) is 18.5. The second kappa shape index (κ2) is 7.29. The van der Waals surface area contributed by atoms with Gasteiger partial charge < -0.3 is 9.64 Å². The maximum Gasteiger partial charge on any atom is 0.255 e. The number of ether oxygens (including phenoxy) is 1. The maximum absolute atomic E-state index is 12.6. The van der Waals surface area contributed by atoms with E-state index in [1.54, 1.807) is 41.8 Å². The van der Waals surface area contributed by atoms with Crippen LogP contribution in [-0.4, -0.2) is 84.8 Å². The molecule has 0 spiro atoms. The van der Waals surface area contributed by atoms with Crippen LogP contribution in [0.5, 0.6) is 0 Å². The molecule has 9 nitrogen and oxygen atoms in total. The van der Waals surface area contributed by atoms with Crippen molar-refractivity contribution in [3.05, 3.63) is 29.7 Å². The van der Waals surface area contributed by atoms with Gasteiger partial charge in [-0.3, -0.25) is 9.20 Å². The van der Waals surface area contributed by atoms with Gasteiger partial charge in [-0.25, -0.2) is 12.7 Å². The third-order valence-electron chi connectivity index (χ3n) is 4.64. The van der Waals surface area contributed by atoms with E-state index < -0.39 is 10.0 Å². The minimum atomic E-state index is -3.22. The van der Waals surface area contributed by atoms with Gasteiger partial charge in [-0.15, -0.1) is 10.2 Å². The van der Waals surface area contributed by atoms with Crippen molar-refractivity contribution in [1.29, 1.82) is 0 Å². The van der Waals surface area contributed by atoms with Gasteiger partial charge in [0.05, 0.1) is 18.4 Å². The summed E-state index contributed by atoms with van der Waals surface area (Å²) in [6.07, 6.45) is 3.61. The third-order valence-corrected chi connectivity index (χ3v) is 5.91. The van der Waals surface area contributed by atoms with E-state index in [-0.39, 0.29) is 11.8 Å². The summed E-state index contributed by atoms with van der Waals surface area (Å²) >= 11 is 0.